The molecule has 1 aliphatic heterocycles. The molecular formula is C17H18N2OS. The van der Waals surface area contributed by atoms with Crippen molar-refractivity contribution in [1.82, 2.24) is 5.32 Å². The minimum absolute atomic E-state index is 0.724. The molecule has 21 heavy (non-hydrogen) atoms. The molecule has 0 atom stereocenters. The van der Waals surface area contributed by atoms with Crippen LogP contribution in [0.15, 0.2) is 48.5 Å². The van der Waals surface area contributed by atoms with E-state index in [1.807, 2.05) is 24.3 Å². The topological polar surface area (TPSA) is 24.5 Å². The van der Waals surface area contributed by atoms with Crippen molar-refractivity contribution in [2.24, 2.45) is 0 Å². The lowest BCUT2D eigenvalue weighted by atomic mass is 10.2. The molecule has 0 fully saturated rings. The van der Waals surface area contributed by atoms with Crippen LogP contribution in [0.25, 0.3) is 0 Å². The van der Waals surface area contributed by atoms with Crippen LogP contribution in [0.3, 0.4) is 0 Å². The van der Waals surface area contributed by atoms with E-state index in [4.69, 9.17) is 17.0 Å². The fourth-order valence-corrected chi connectivity index (χ4v) is 2.83. The van der Waals surface area contributed by atoms with Gasteiger partial charge in [0, 0.05) is 18.8 Å². The molecule has 108 valence electrons. The standard InChI is InChI=1S/C17H18N2OS/c1-20-15-8-6-13(7-9-15)12-18-17(21)19-11-10-14-4-2-3-5-16(14)19/h2-9H,10-12H2,1H3,(H,18,21). The highest BCUT2D eigenvalue weighted by Crippen LogP contribution is 2.27. The molecule has 0 radical (unpaired) electrons. The van der Waals surface area contributed by atoms with Gasteiger partial charge in [-0.05, 0) is 48.0 Å². The highest BCUT2D eigenvalue weighted by molar-refractivity contribution is 7.80. The second-order valence-corrected chi connectivity index (χ2v) is 5.42. The summed E-state index contributed by atoms with van der Waals surface area (Å²) in [5, 5.41) is 4.12. The molecule has 1 N–H and O–H groups in total. The van der Waals surface area contributed by atoms with Crippen molar-refractivity contribution >= 4 is 23.0 Å². The van der Waals surface area contributed by atoms with E-state index in [0.29, 0.717) is 0 Å². The lowest BCUT2D eigenvalue weighted by Gasteiger charge is -2.21. The van der Waals surface area contributed by atoms with E-state index in [1.54, 1.807) is 7.11 Å². The Morgan fingerprint density at radius 1 is 1.19 bits per heavy atom. The zero-order valence-corrected chi connectivity index (χ0v) is 12.8. The number of ether oxygens (including phenoxy) is 1. The van der Waals surface area contributed by atoms with Gasteiger partial charge in [-0.15, -0.1) is 0 Å². The van der Waals surface area contributed by atoms with Gasteiger partial charge in [-0.25, -0.2) is 0 Å². The molecule has 0 saturated heterocycles. The maximum atomic E-state index is 5.53. The van der Waals surface area contributed by atoms with E-state index in [0.717, 1.165) is 30.4 Å². The average Bonchev–Trinajstić information content (AvgIpc) is 2.97. The summed E-state index contributed by atoms with van der Waals surface area (Å²) < 4.78 is 5.16. The Balaban J connectivity index is 1.62. The third-order valence-electron chi connectivity index (χ3n) is 3.74. The molecule has 0 saturated carbocycles. The fourth-order valence-electron chi connectivity index (χ4n) is 2.57. The van der Waals surface area contributed by atoms with Crippen LogP contribution in [-0.4, -0.2) is 18.8 Å². The quantitative estimate of drug-likeness (QED) is 0.880. The van der Waals surface area contributed by atoms with E-state index in [1.165, 1.54) is 16.8 Å². The number of rotatable bonds is 3. The second kappa shape index (κ2) is 6.14. The molecule has 0 aliphatic carbocycles. The summed E-state index contributed by atoms with van der Waals surface area (Å²) in [6.45, 7) is 1.68. The van der Waals surface area contributed by atoms with Gasteiger partial charge in [0.15, 0.2) is 5.11 Å². The van der Waals surface area contributed by atoms with Crippen LogP contribution in [0.2, 0.25) is 0 Å². The molecule has 2 aromatic carbocycles. The monoisotopic (exact) mass is 298 g/mol. The van der Waals surface area contributed by atoms with Crippen molar-refractivity contribution in [2.45, 2.75) is 13.0 Å². The first-order chi connectivity index (χ1) is 10.3. The number of nitrogens with one attached hydrogen (secondary N) is 1. The van der Waals surface area contributed by atoms with E-state index in [9.17, 15) is 0 Å². The zero-order valence-electron chi connectivity index (χ0n) is 12.0. The summed E-state index contributed by atoms with van der Waals surface area (Å²) >= 11 is 5.53. The molecule has 3 rings (SSSR count). The molecule has 0 aromatic heterocycles. The predicted octanol–water partition coefficient (Wildman–Crippen LogP) is 3.13. The van der Waals surface area contributed by atoms with Crippen molar-refractivity contribution < 1.29 is 4.74 Å². The number of anilines is 1. The fraction of sp³-hybridized carbons (Fsp3) is 0.235. The normalized spacial score (nSPS) is 12.9. The Bertz CT molecular complexity index is 639. The highest BCUT2D eigenvalue weighted by atomic mass is 32.1. The van der Waals surface area contributed by atoms with Crippen LogP contribution in [0.5, 0.6) is 5.75 Å². The Kier molecular flexibility index (Phi) is 4.06. The van der Waals surface area contributed by atoms with Gasteiger partial charge in [-0.3, -0.25) is 0 Å². The first kappa shape index (κ1) is 13.9. The van der Waals surface area contributed by atoms with Gasteiger partial charge in [0.25, 0.3) is 0 Å². The van der Waals surface area contributed by atoms with Gasteiger partial charge in [-0.1, -0.05) is 30.3 Å². The van der Waals surface area contributed by atoms with Crippen LogP contribution in [-0.2, 0) is 13.0 Å². The molecule has 1 heterocycles. The molecule has 0 amide bonds. The van der Waals surface area contributed by atoms with Crippen LogP contribution in [0.1, 0.15) is 11.1 Å². The lowest BCUT2D eigenvalue weighted by Crippen LogP contribution is -2.38. The number of benzene rings is 2. The van der Waals surface area contributed by atoms with Gasteiger partial charge >= 0.3 is 0 Å². The van der Waals surface area contributed by atoms with Crippen molar-refractivity contribution in [1.29, 1.82) is 0 Å². The number of methoxy groups -OCH3 is 1. The maximum absolute atomic E-state index is 5.53. The summed E-state index contributed by atoms with van der Waals surface area (Å²) in [6.07, 6.45) is 1.06. The molecule has 4 heteroatoms. The van der Waals surface area contributed by atoms with Gasteiger partial charge in [0.05, 0.1) is 7.11 Å². The minimum Gasteiger partial charge on any atom is -0.497 e. The summed E-state index contributed by atoms with van der Waals surface area (Å²) in [5.74, 6) is 0.870. The molecule has 2 aromatic rings. The molecule has 0 spiro atoms. The largest absolute Gasteiger partial charge is 0.497 e. The molecule has 3 nitrogen and oxygen atoms in total. The van der Waals surface area contributed by atoms with Gasteiger partial charge < -0.3 is 15.0 Å². The summed E-state index contributed by atoms with van der Waals surface area (Å²) in [4.78, 5) is 2.17. The lowest BCUT2D eigenvalue weighted by molar-refractivity contribution is 0.414. The van der Waals surface area contributed by atoms with Gasteiger partial charge in [0.1, 0.15) is 5.75 Å². The first-order valence-electron chi connectivity index (χ1n) is 7.04. The van der Waals surface area contributed by atoms with E-state index >= 15 is 0 Å². The Morgan fingerprint density at radius 3 is 2.71 bits per heavy atom. The van der Waals surface area contributed by atoms with Crippen LogP contribution in [0, 0.1) is 0 Å². The van der Waals surface area contributed by atoms with Crippen LogP contribution < -0.4 is 15.0 Å². The number of fused-ring (bicyclic) bond motifs is 1. The number of hydrogen-bond donors (Lipinski definition) is 1. The van der Waals surface area contributed by atoms with E-state index in [2.05, 4.69) is 34.5 Å². The predicted molar refractivity (Wildman–Crippen MR) is 89.9 cm³/mol. The second-order valence-electron chi connectivity index (χ2n) is 5.04. The van der Waals surface area contributed by atoms with Gasteiger partial charge in [0.2, 0.25) is 0 Å². The smallest absolute Gasteiger partial charge is 0.173 e. The molecular weight excluding hydrogens is 280 g/mol. The van der Waals surface area contributed by atoms with Crippen LogP contribution >= 0.6 is 12.2 Å². The zero-order chi connectivity index (χ0) is 14.7. The third kappa shape index (κ3) is 3.00. The summed E-state index contributed by atoms with van der Waals surface area (Å²) in [6, 6.07) is 16.5. The molecule has 0 unspecified atom stereocenters. The number of hydrogen-bond acceptors (Lipinski definition) is 2. The number of nitrogens with zero attached hydrogens (tertiary/aromatic N) is 1. The third-order valence-corrected chi connectivity index (χ3v) is 4.10. The van der Waals surface area contributed by atoms with E-state index < -0.39 is 0 Å². The van der Waals surface area contributed by atoms with Crippen molar-refractivity contribution in [3.05, 3.63) is 59.7 Å². The molecule has 0 bridgehead atoms. The highest BCUT2D eigenvalue weighted by Gasteiger charge is 2.21. The maximum Gasteiger partial charge on any atom is 0.173 e. The Morgan fingerprint density at radius 2 is 1.95 bits per heavy atom. The SMILES string of the molecule is COc1ccc(CNC(=S)N2CCc3ccccc32)cc1. The van der Waals surface area contributed by atoms with Crippen molar-refractivity contribution in [2.75, 3.05) is 18.6 Å². The first-order valence-corrected chi connectivity index (χ1v) is 7.45. The number of thiocarbonyl (C=S) groups is 1. The van der Waals surface area contributed by atoms with Crippen LogP contribution in [0.4, 0.5) is 5.69 Å². The number of para-hydroxylation sites is 1. The Hall–Kier alpha value is -2.07. The van der Waals surface area contributed by atoms with Crippen molar-refractivity contribution in [3.8, 4) is 5.75 Å². The summed E-state index contributed by atoms with van der Waals surface area (Å²) in [7, 11) is 1.67. The van der Waals surface area contributed by atoms with Gasteiger partial charge in [-0.2, -0.15) is 0 Å². The average molecular weight is 298 g/mol. The Labute approximate surface area is 130 Å². The minimum atomic E-state index is 0.724. The van der Waals surface area contributed by atoms with Crippen molar-refractivity contribution in [3.63, 3.8) is 0 Å². The summed E-state index contributed by atoms with van der Waals surface area (Å²) in [5.41, 5.74) is 3.78. The van der Waals surface area contributed by atoms with E-state index in [-0.39, 0.29) is 0 Å². The molecule has 1 aliphatic rings.